The van der Waals surface area contributed by atoms with Crippen molar-refractivity contribution in [1.82, 2.24) is 15.0 Å². The molecule has 0 aliphatic heterocycles. The lowest BCUT2D eigenvalue weighted by Crippen LogP contribution is -2.07. The normalized spacial score (nSPS) is 10.2. The van der Waals surface area contributed by atoms with Gasteiger partial charge in [-0.25, -0.2) is 0 Å². The predicted octanol–water partition coefficient (Wildman–Crippen LogP) is 1.39. The molecule has 1 amide bonds. The van der Waals surface area contributed by atoms with Crippen LogP contribution >= 0.6 is 0 Å². The molecule has 106 valence electrons. The zero-order valence-electron chi connectivity index (χ0n) is 11.7. The molecule has 20 heavy (non-hydrogen) atoms. The number of hydrogen-bond donors (Lipinski definition) is 2. The second-order valence-corrected chi connectivity index (χ2v) is 4.33. The molecule has 0 unspecified atom stereocenters. The summed E-state index contributed by atoms with van der Waals surface area (Å²) in [6, 6.07) is 5.40. The number of ether oxygens (including phenoxy) is 1. The van der Waals surface area contributed by atoms with Crippen molar-refractivity contribution < 1.29 is 9.53 Å². The van der Waals surface area contributed by atoms with Gasteiger partial charge in [-0.1, -0.05) is 5.21 Å². The molecule has 0 fully saturated rings. The van der Waals surface area contributed by atoms with Crippen molar-refractivity contribution in [2.75, 3.05) is 17.7 Å². The van der Waals surface area contributed by atoms with E-state index in [0.717, 1.165) is 11.4 Å². The number of anilines is 2. The van der Waals surface area contributed by atoms with Crippen LogP contribution in [0.3, 0.4) is 0 Å². The summed E-state index contributed by atoms with van der Waals surface area (Å²) >= 11 is 0. The highest BCUT2D eigenvalue weighted by atomic mass is 16.5. The molecule has 2 aromatic rings. The molecule has 2 N–H and O–H groups in total. The molecule has 0 saturated carbocycles. The van der Waals surface area contributed by atoms with Crippen molar-refractivity contribution in [1.29, 1.82) is 0 Å². The Labute approximate surface area is 116 Å². The van der Waals surface area contributed by atoms with Crippen LogP contribution in [0.25, 0.3) is 0 Å². The molecule has 0 radical (unpaired) electrons. The van der Waals surface area contributed by atoms with Crippen molar-refractivity contribution in [2.45, 2.75) is 13.5 Å². The molecule has 0 spiro atoms. The summed E-state index contributed by atoms with van der Waals surface area (Å²) in [4.78, 5) is 11.1. The number of carbonyl (C=O) groups excluding carboxylic acids is 1. The predicted molar refractivity (Wildman–Crippen MR) is 75.6 cm³/mol. The van der Waals surface area contributed by atoms with E-state index in [1.54, 1.807) is 23.9 Å². The summed E-state index contributed by atoms with van der Waals surface area (Å²) in [6.45, 7) is 1.99. The summed E-state index contributed by atoms with van der Waals surface area (Å²) < 4.78 is 6.92. The highest BCUT2D eigenvalue weighted by Crippen LogP contribution is 2.28. The molecule has 1 aromatic carbocycles. The lowest BCUT2D eigenvalue weighted by molar-refractivity contribution is -0.114. The smallest absolute Gasteiger partial charge is 0.221 e. The third kappa shape index (κ3) is 3.47. The maximum atomic E-state index is 11.1. The topological polar surface area (TPSA) is 81.1 Å². The fourth-order valence-electron chi connectivity index (χ4n) is 1.79. The molecular weight excluding hydrogens is 258 g/mol. The van der Waals surface area contributed by atoms with E-state index in [9.17, 15) is 4.79 Å². The van der Waals surface area contributed by atoms with E-state index in [1.807, 2.05) is 19.3 Å². The lowest BCUT2D eigenvalue weighted by Gasteiger charge is -2.12. The van der Waals surface area contributed by atoms with Gasteiger partial charge in [0.2, 0.25) is 5.91 Å². The molecule has 0 atom stereocenters. The Morgan fingerprint density at radius 3 is 2.85 bits per heavy atom. The second kappa shape index (κ2) is 6.05. The molecule has 0 aliphatic carbocycles. The minimum atomic E-state index is -0.116. The van der Waals surface area contributed by atoms with Crippen LogP contribution in [-0.2, 0) is 18.4 Å². The Morgan fingerprint density at radius 2 is 2.25 bits per heavy atom. The molecule has 7 heteroatoms. The van der Waals surface area contributed by atoms with Gasteiger partial charge in [0, 0.05) is 25.9 Å². The van der Waals surface area contributed by atoms with Gasteiger partial charge in [-0.05, 0) is 18.2 Å². The number of aromatic nitrogens is 3. The number of amides is 1. The van der Waals surface area contributed by atoms with E-state index >= 15 is 0 Å². The van der Waals surface area contributed by atoms with Crippen LogP contribution in [0.2, 0.25) is 0 Å². The summed E-state index contributed by atoms with van der Waals surface area (Å²) in [5, 5.41) is 13.8. The summed E-state index contributed by atoms with van der Waals surface area (Å²) in [6.07, 6.45) is 1.83. The Hall–Kier alpha value is -2.57. The Bertz CT molecular complexity index is 609. The van der Waals surface area contributed by atoms with Crippen LogP contribution in [0.1, 0.15) is 12.6 Å². The number of rotatable bonds is 5. The number of carbonyl (C=O) groups is 1. The number of methoxy groups -OCH3 is 1. The monoisotopic (exact) mass is 275 g/mol. The van der Waals surface area contributed by atoms with Crippen molar-refractivity contribution in [3.05, 3.63) is 30.1 Å². The number of nitrogens with zero attached hydrogens (tertiary/aromatic N) is 3. The van der Waals surface area contributed by atoms with Crippen LogP contribution < -0.4 is 15.4 Å². The average molecular weight is 275 g/mol. The maximum absolute atomic E-state index is 11.1. The highest BCUT2D eigenvalue weighted by Gasteiger charge is 2.06. The SMILES string of the molecule is COc1ccc(NC(C)=O)cc1NCc1cn(C)nn1. The number of hydrogen-bond acceptors (Lipinski definition) is 5. The third-order valence-corrected chi connectivity index (χ3v) is 2.63. The van der Waals surface area contributed by atoms with Gasteiger partial charge in [0.05, 0.1) is 19.3 Å². The lowest BCUT2D eigenvalue weighted by atomic mass is 10.2. The fraction of sp³-hybridized carbons (Fsp3) is 0.308. The van der Waals surface area contributed by atoms with E-state index in [1.165, 1.54) is 6.92 Å². The van der Waals surface area contributed by atoms with Gasteiger partial charge >= 0.3 is 0 Å². The Kier molecular flexibility index (Phi) is 4.19. The zero-order valence-corrected chi connectivity index (χ0v) is 11.7. The molecule has 0 saturated heterocycles. The van der Waals surface area contributed by atoms with Crippen molar-refractivity contribution in [3.8, 4) is 5.75 Å². The van der Waals surface area contributed by atoms with E-state index in [4.69, 9.17) is 4.74 Å². The summed E-state index contributed by atoms with van der Waals surface area (Å²) in [7, 11) is 3.41. The van der Waals surface area contributed by atoms with E-state index in [0.29, 0.717) is 18.0 Å². The minimum Gasteiger partial charge on any atom is -0.495 e. The first kappa shape index (κ1) is 13.9. The highest BCUT2D eigenvalue weighted by molar-refractivity contribution is 5.89. The zero-order chi connectivity index (χ0) is 14.5. The van der Waals surface area contributed by atoms with Crippen LogP contribution in [0.5, 0.6) is 5.75 Å². The first-order valence-corrected chi connectivity index (χ1v) is 6.13. The minimum absolute atomic E-state index is 0.116. The molecule has 0 aliphatic rings. The second-order valence-electron chi connectivity index (χ2n) is 4.33. The molecular formula is C13H17N5O2. The number of nitrogens with one attached hydrogen (secondary N) is 2. The first-order valence-electron chi connectivity index (χ1n) is 6.13. The average Bonchev–Trinajstić information content (AvgIpc) is 2.82. The standard InChI is InChI=1S/C13H17N5O2/c1-9(19)15-10-4-5-13(20-3)12(6-10)14-7-11-8-18(2)17-16-11/h4-6,8,14H,7H2,1-3H3,(H,15,19). The quantitative estimate of drug-likeness (QED) is 0.862. The number of aryl methyl sites for hydroxylation is 1. The van der Waals surface area contributed by atoms with Crippen molar-refractivity contribution in [2.24, 2.45) is 7.05 Å². The van der Waals surface area contributed by atoms with E-state index in [-0.39, 0.29) is 5.91 Å². The Morgan fingerprint density at radius 1 is 1.45 bits per heavy atom. The largest absolute Gasteiger partial charge is 0.495 e. The molecule has 0 bridgehead atoms. The Balaban J connectivity index is 2.13. The van der Waals surface area contributed by atoms with Crippen LogP contribution in [0.15, 0.2) is 24.4 Å². The third-order valence-electron chi connectivity index (χ3n) is 2.63. The first-order chi connectivity index (χ1) is 9.58. The molecule has 7 nitrogen and oxygen atoms in total. The van der Waals surface area contributed by atoms with Crippen molar-refractivity contribution in [3.63, 3.8) is 0 Å². The van der Waals surface area contributed by atoms with E-state index in [2.05, 4.69) is 20.9 Å². The van der Waals surface area contributed by atoms with Crippen LogP contribution in [-0.4, -0.2) is 28.0 Å². The van der Waals surface area contributed by atoms with Crippen molar-refractivity contribution >= 4 is 17.3 Å². The van der Waals surface area contributed by atoms with Crippen LogP contribution in [0, 0.1) is 0 Å². The van der Waals surface area contributed by atoms with Gasteiger partial charge in [0.15, 0.2) is 0 Å². The van der Waals surface area contributed by atoms with Gasteiger partial charge in [-0.3, -0.25) is 9.48 Å². The number of benzene rings is 1. The molecule has 2 rings (SSSR count). The van der Waals surface area contributed by atoms with Gasteiger partial charge in [-0.2, -0.15) is 0 Å². The summed E-state index contributed by atoms with van der Waals surface area (Å²) in [5.41, 5.74) is 2.31. The van der Waals surface area contributed by atoms with Crippen LogP contribution in [0.4, 0.5) is 11.4 Å². The fourth-order valence-corrected chi connectivity index (χ4v) is 1.79. The summed E-state index contributed by atoms with van der Waals surface area (Å²) in [5.74, 6) is 0.582. The molecule has 1 heterocycles. The molecule has 1 aromatic heterocycles. The van der Waals surface area contributed by atoms with Gasteiger partial charge in [0.25, 0.3) is 0 Å². The maximum Gasteiger partial charge on any atom is 0.221 e. The van der Waals surface area contributed by atoms with E-state index < -0.39 is 0 Å². The van der Waals surface area contributed by atoms with Gasteiger partial charge < -0.3 is 15.4 Å². The van der Waals surface area contributed by atoms with Gasteiger partial charge in [0.1, 0.15) is 11.4 Å². The van der Waals surface area contributed by atoms with Gasteiger partial charge in [-0.15, -0.1) is 5.10 Å².